The van der Waals surface area contributed by atoms with E-state index in [2.05, 4.69) is 11.1 Å². The van der Waals surface area contributed by atoms with Gasteiger partial charge in [0.15, 0.2) is 5.78 Å². The zero-order valence-electron chi connectivity index (χ0n) is 19.4. The van der Waals surface area contributed by atoms with Crippen LogP contribution in [0.5, 0.6) is 0 Å². The standard InChI is InChI=1S/C26H28ClN3O4/c1-17(12-24(32)33)11-23(31)25-21-13-19(14-28)15-29-26(21)30(2)22(25)5-3-4-10-34-16-18-6-8-20(27)9-7-18/h6-9,13,15,17H,3-5,10-12,16H2,1-2H3,(H,32,33). The molecule has 34 heavy (non-hydrogen) atoms. The van der Waals surface area contributed by atoms with Crippen LogP contribution in [0.1, 0.15) is 59.8 Å². The lowest BCUT2D eigenvalue weighted by Gasteiger charge is -2.11. The number of ether oxygens (including phenoxy) is 1. The zero-order valence-corrected chi connectivity index (χ0v) is 20.1. The Morgan fingerprint density at radius 1 is 1.24 bits per heavy atom. The van der Waals surface area contributed by atoms with Crippen LogP contribution in [0.4, 0.5) is 0 Å². The van der Waals surface area contributed by atoms with E-state index in [1.54, 1.807) is 13.0 Å². The number of hydrogen-bond acceptors (Lipinski definition) is 5. The summed E-state index contributed by atoms with van der Waals surface area (Å²) in [6.45, 7) is 2.85. The molecule has 8 heteroatoms. The lowest BCUT2D eigenvalue weighted by atomic mass is 9.94. The Bertz CT molecular complexity index is 1210. The lowest BCUT2D eigenvalue weighted by molar-refractivity contribution is -0.137. The summed E-state index contributed by atoms with van der Waals surface area (Å²) in [7, 11) is 1.87. The summed E-state index contributed by atoms with van der Waals surface area (Å²) in [5, 5.41) is 19.7. The van der Waals surface area contributed by atoms with E-state index in [-0.39, 0.29) is 24.5 Å². The van der Waals surface area contributed by atoms with Crippen molar-refractivity contribution in [3.8, 4) is 6.07 Å². The van der Waals surface area contributed by atoms with Crippen LogP contribution in [-0.2, 0) is 29.6 Å². The van der Waals surface area contributed by atoms with Gasteiger partial charge in [-0.1, -0.05) is 30.7 Å². The second kappa shape index (κ2) is 11.8. The van der Waals surface area contributed by atoms with E-state index in [1.165, 1.54) is 6.20 Å². The number of ketones is 1. The van der Waals surface area contributed by atoms with Crippen molar-refractivity contribution in [2.24, 2.45) is 13.0 Å². The molecule has 2 aromatic heterocycles. The third kappa shape index (κ3) is 6.43. The highest BCUT2D eigenvalue weighted by atomic mass is 35.5. The molecule has 3 aromatic rings. The number of aliphatic carboxylic acids is 1. The number of hydrogen-bond donors (Lipinski definition) is 1. The number of carbonyl (C=O) groups excluding carboxylic acids is 1. The summed E-state index contributed by atoms with van der Waals surface area (Å²) in [5.74, 6) is -1.34. The number of aromatic nitrogens is 2. The highest BCUT2D eigenvalue weighted by molar-refractivity contribution is 6.30. The van der Waals surface area contributed by atoms with Gasteiger partial charge in [-0.2, -0.15) is 5.26 Å². The first-order valence-electron chi connectivity index (χ1n) is 11.2. The molecule has 0 aliphatic rings. The monoisotopic (exact) mass is 481 g/mol. The van der Waals surface area contributed by atoms with Crippen molar-refractivity contribution in [1.82, 2.24) is 9.55 Å². The van der Waals surface area contributed by atoms with E-state index in [1.807, 2.05) is 35.9 Å². The number of benzene rings is 1. The Morgan fingerprint density at radius 2 is 1.97 bits per heavy atom. The number of pyridine rings is 1. The van der Waals surface area contributed by atoms with Crippen molar-refractivity contribution in [1.29, 1.82) is 5.26 Å². The van der Waals surface area contributed by atoms with Gasteiger partial charge in [-0.25, -0.2) is 4.98 Å². The van der Waals surface area contributed by atoms with E-state index in [9.17, 15) is 14.9 Å². The molecule has 3 rings (SSSR count). The number of nitrogens with zero attached hydrogens (tertiary/aromatic N) is 3. The van der Waals surface area contributed by atoms with E-state index in [4.69, 9.17) is 21.4 Å². The molecule has 1 unspecified atom stereocenters. The third-order valence-electron chi connectivity index (χ3n) is 5.75. The number of unbranched alkanes of at least 4 members (excludes halogenated alkanes) is 1. The van der Waals surface area contributed by atoms with Crippen molar-refractivity contribution in [2.75, 3.05) is 6.61 Å². The number of Topliss-reactive ketones (excluding diaryl/α,β-unsaturated/α-hetero) is 1. The van der Waals surface area contributed by atoms with Crippen LogP contribution in [0.25, 0.3) is 11.0 Å². The van der Waals surface area contributed by atoms with Gasteiger partial charge in [0.25, 0.3) is 0 Å². The average Bonchev–Trinajstić information content (AvgIpc) is 3.07. The van der Waals surface area contributed by atoms with E-state index in [0.29, 0.717) is 46.8 Å². The Hall–Kier alpha value is -3.21. The van der Waals surface area contributed by atoms with Gasteiger partial charge < -0.3 is 14.4 Å². The number of carboxylic acids is 1. The first-order valence-corrected chi connectivity index (χ1v) is 11.6. The van der Waals surface area contributed by atoms with E-state index >= 15 is 0 Å². The molecule has 0 saturated heterocycles. The SMILES string of the molecule is CC(CC(=O)O)CC(=O)c1c(CCCCOCc2ccc(Cl)cc2)n(C)c2ncc(C#N)cc12. The highest BCUT2D eigenvalue weighted by Gasteiger charge is 2.24. The van der Waals surface area contributed by atoms with Gasteiger partial charge in [-0.05, 0) is 48.9 Å². The Kier molecular flexibility index (Phi) is 8.80. The third-order valence-corrected chi connectivity index (χ3v) is 6.00. The fourth-order valence-corrected chi connectivity index (χ4v) is 4.21. The number of nitriles is 1. The van der Waals surface area contributed by atoms with Crippen molar-refractivity contribution >= 4 is 34.4 Å². The van der Waals surface area contributed by atoms with Crippen LogP contribution in [0.2, 0.25) is 5.02 Å². The average molecular weight is 482 g/mol. The molecule has 0 amide bonds. The summed E-state index contributed by atoms with van der Waals surface area (Å²) < 4.78 is 7.67. The van der Waals surface area contributed by atoms with Crippen LogP contribution >= 0.6 is 11.6 Å². The predicted molar refractivity (Wildman–Crippen MR) is 130 cm³/mol. The Morgan fingerprint density at radius 3 is 2.65 bits per heavy atom. The maximum absolute atomic E-state index is 13.2. The van der Waals surface area contributed by atoms with Gasteiger partial charge >= 0.3 is 5.97 Å². The molecule has 2 heterocycles. The molecule has 0 aliphatic heterocycles. The number of carboxylic acid groups (broad SMARTS) is 1. The molecular weight excluding hydrogens is 454 g/mol. The molecule has 1 N–H and O–H groups in total. The normalized spacial score (nSPS) is 11.9. The van der Waals surface area contributed by atoms with Gasteiger partial charge in [0.05, 0.1) is 12.2 Å². The number of halogens is 1. The fourth-order valence-electron chi connectivity index (χ4n) is 4.08. The number of aryl methyl sites for hydroxylation is 1. The molecule has 7 nitrogen and oxygen atoms in total. The molecule has 0 radical (unpaired) electrons. The van der Waals surface area contributed by atoms with Gasteiger partial charge in [0, 0.05) is 54.4 Å². The first-order chi connectivity index (χ1) is 16.3. The Labute approximate surface area is 203 Å². The summed E-state index contributed by atoms with van der Waals surface area (Å²) in [6.07, 6.45) is 3.82. The highest BCUT2D eigenvalue weighted by Crippen LogP contribution is 2.29. The minimum Gasteiger partial charge on any atom is -0.481 e. The quantitative estimate of drug-likeness (QED) is 0.277. The smallest absolute Gasteiger partial charge is 0.303 e. The minimum absolute atomic E-state index is 0.0709. The maximum atomic E-state index is 13.2. The van der Waals surface area contributed by atoms with Crippen LogP contribution < -0.4 is 0 Å². The summed E-state index contributed by atoms with van der Waals surface area (Å²) in [5.41, 5.74) is 3.47. The molecule has 0 bridgehead atoms. The number of rotatable bonds is 12. The summed E-state index contributed by atoms with van der Waals surface area (Å²) in [6, 6.07) is 11.3. The maximum Gasteiger partial charge on any atom is 0.303 e. The molecular formula is C26H28ClN3O4. The summed E-state index contributed by atoms with van der Waals surface area (Å²) in [4.78, 5) is 28.7. The molecule has 0 saturated carbocycles. The van der Waals surface area contributed by atoms with Crippen LogP contribution in [0.3, 0.4) is 0 Å². The van der Waals surface area contributed by atoms with Crippen LogP contribution in [-0.4, -0.2) is 33.0 Å². The second-order valence-electron chi connectivity index (χ2n) is 8.55. The van der Waals surface area contributed by atoms with Gasteiger partial charge in [0.2, 0.25) is 0 Å². The van der Waals surface area contributed by atoms with E-state index < -0.39 is 5.97 Å². The second-order valence-corrected chi connectivity index (χ2v) is 8.99. The Balaban J connectivity index is 1.71. The lowest BCUT2D eigenvalue weighted by Crippen LogP contribution is -2.12. The van der Waals surface area contributed by atoms with Crippen molar-refractivity contribution in [2.45, 2.75) is 45.6 Å². The number of carbonyl (C=O) groups is 2. The van der Waals surface area contributed by atoms with Gasteiger partial charge in [0.1, 0.15) is 11.7 Å². The largest absolute Gasteiger partial charge is 0.481 e. The topological polar surface area (TPSA) is 105 Å². The van der Waals surface area contributed by atoms with Crippen LogP contribution in [0, 0.1) is 17.2 Å². The van der Waals surface area contributed by atoms with Gasteiger partial charge in [-0.15, -0.1) is 0 Å². The van der Waals surface area contributed by atoms with Crippen molar-refractivity contribution in [3.05, 3.63) is 63.9 Å². The van der Waals surface area contributed by atoms with Crippen molar-refractivity contribution in [3.63, 3.8) is 0 Å². The van der Waals surface area contributed by atoms with Crippen molar-refractivity contribution < 1.29 is 19.4 Å². The minimum atomic E-state index is -0.925. The molecule has 0 fully saturated rings. The zero-order chi connectivity index (χ0) is 24.7. The fraction of sp³-hybridized carbons (Fsp3) is 0.385. The van der Waals surface area contributed by atoms with Crippen LogP contribution in [0.15, 0.2) is 36.5 Å². The van der Waals surface area contributed by atoms with Gasteiger partial charge in [-0.3, -0.25) is 9.59 Å². The molecule has 178 valence electrons. The predicted octanol–water partition coefficient (Wildman–Crippen LogP) is 5.32. The first kappa shape index (κ1) is 25.4. The van der Waals surface area contributed by atoms with E-state index in [0.717, 1.165) is 24.1 Å². The molecule has 0 aliphatic carbocycles. The summed E-state index contributed by atoms with van der Waals surface area (Å²) >= 11 is 5.90. The molecule has 1 atom stereocenters. The number of fused-ring (bicyclic) bond motifs is 1. The molecule has 0 spiro atoms. The molecule has 1 aromatic carbocycles.